The van der Waals surface area contributed by atoms with E-state index in [2.05, 4.69) is 36.8 Å². The van der Waals surface area contributed by atoms with Crippen LogP contribution < -0.4 is 10.1 Å². The number of tetrazole rings is 1. The predicted molar refractivity (Wildman–Crippen MR) is 104 cm³/mol. The second kappa shape index (κ2) is 8.33. The molecule has 26 heavy (non-hydrogen) atoms. The molecule has 0 fully saturated rings. The minimum absolute atomic E-state index is 0.133. The molecule has 3 rings (SSSR count). The smallest absolute Gasteiger partial charge is 0.237 e. The first-order chi connectivity index (χ1) is 12.6. The summed E-state index contributed by atoms with van der Waals surface area (Å²) in [5, 5.41) is 14.8. The Morgan fingerprint density at radius 2 is 1.96 bits per heavy atom. The highest BCUT2D eigenvalue weighted by atomic mass is 79.9. The number of methoxy groups -OCH3 is 1. The fraction of sp³-hybridized carbons (Fsp3) is 0.176. The summed E-state index contributed by atoms with van der Waals surface area (Å²) in [7, 11) is 1.59. The Morgan fingerprint density at radius 3 is 2.69 bits per heavy atom. The lowest BCUT2D eigenvalue weighted by molar-refractivity contribution is -0.115. The van der Waals surface area contributed by atoms with Crippen LogP contribution in [0.5, 0.6) is 5.75 Å². The van der Waals surface area contributed by atoms with Gasteiger partial charge >= 0.3 is 0 Å². The van der Waals surface area contributed by atoms with E-state index in [-0.39, 0.29) is 5.91 Å². The molecule has 134 valence electrons. The van der Waals surface area contributed by atoms with Crippen molar-refractivity contribution in [3.63, 3.8) is 0 Å². The van der Waals surface area contributed by atoms with Gasteiger partial charge in [0.2, 0.25) is 11.1 Å². The number of amides is 1. The number of para-hydroxylation sites is 2. The standard InChI is InChI=1S/C17H16BrN5O2S/c1-11(16(24)19-13-9-7-12(18)8-10-13)26-17-20-21-22-23(17)14-5-3-4-6-15(14)25-2/h3-11H,1-2H3,(H,19,24)/t11-/m0/s1. The topological polar surface area (TPSA) is 81.9 Å². The van der Waals surface area contributed by atoms with E-state index in [1.807, 2.05) is 48.5 Å². The van der Waals surface area contributed by atoms with E-state index in [0.29, 0.717) is 16.6 Å². The van der Waals surface area contributed by atoms with Crippen molar-refractivity contribution < 1.29 is 9.53 Å². The van der Waals surface area contributed by atoms with Gasteiger partial charge in [0.25, 0.3) is 0 Å². The van der Waals surface area contributed by atoms with Crippen LogP contribution in [0.15, 0.2) is 58.2 Å². The summed E-state index contributed by atoms with van der Waals surface area (Å²) in [6, 6.07) is 14.8. The van der Waals surface area contributed by atoms with Crippen LogP contribution in [-0.4, -0.2) is 38.5 Å². The third-order valence-corrected chi connectivity index (χ3v) is 5.08. The Labute approximate surface area is 163 Å². The number of carbonyl (C=O) groups is 1. The number of halogens is 1. The molecule has 1 aromatic heterocycles. The van der Waals surface area contributed by atoms with Crippen molar-refractivity contribution in [3.05, 3.63) is 53.0 Å². The summed E-state index contributed by atoms with van der Waals surface area (Å²) in [5.41, 5.74) is 1.44. The molecule has 0 saturated heterocycles. The molecular weight excluding hydrogens is 418 g/mol. The van der Waals surface area contributed by atoms with Crippen molar-refractivity contribution in [1.82, 2.24) is 20.2 Å². The molecule has 1 heterocycles. The molecule has 0 saturated carbocycles. The second-order valence-corrected chi connectivity index (χ2v) is 7.52. The summed E-state index contributed by atoms with van der Waals surface area (Å²) >= 11 is 4.64. The normalized spacial score (nSPS) is 11.8. The summed E-state index contributed by atoms with van der Waals surface area (Å²) in [4.78, 5) is 12.4. The summed E-state index contributed by atoms with van der Waals surface area (Å²) < 4.78 is 7.87. The van der Waals surface area contributed by atoms with E-state index in [9.17, 15) is 4.79 Å². The maximum atomic E-state index is 12.4. The Hall–Kier alpha value is -2.39. The highest BCUT2D eigenvalue weighted by Gasteiger charge is 2.20. The van der Waals surface area contributed by atoms with Gasteiger partial charge in [-0.1, -0.05) is 39.8 Å². The average Bonchev–Trinajstić information content (AvgIpc) is 3.11. The van der Waals surface area contributed by atoms with Crippen molar-refractivity contribution in [2.75, 3.05) is 12.4 Å². The summed E-state index contributed by atoms with van der Waals surface area (Å²) in [6.07, 6.45) is 0. The van der Waals surface area contributed by atoms with E-state index in [1.54, 1.807) is 18.7 Å². The quantitative estimate of drug-likeness (QED) is 0.598. The first-order valence-electron chi connectivity index (χ1n) is 7.73. The number of rotatable bonds is 6. The van der Waals surface area contributed by atoms with Gasteiger partial charge in [0.15, 0.2) is 0 Å². The Bertz CT molecular complexity index is 900. The molecule has 1 atom stereocenters. The number of nitrogens with zero attached hydrogens (tertiary/aromatic N) is 4. The zero-order chi connectivity index (χ0) is 18.5. The molecule has 1 N–H and O–H groups in total. The molecule has 0 aliphatic carbocycles. The number of aromatic nitrogens is 4. The number of benzene rings is 2. The Balaban J connectivity index is 1.74. The molecule has 3 aromatic rings. The molecule has 9 heteroatoms. The van der Waals surface area contributed by atoms with Crippen LogP contribution in [0, 0.1) is 0 Å². The van der Waals surface area contributed by atoms with Crippen LogP contribution in [0.3, 0.4) is 0 Å². The van der Waals surface area contributed by atoms with Gasteiger partial charge in [-0.3, -0.25) is 4.79 Å². The van der Waals surface area contributed by atoms with Gasteiger partial charge in [-0.2, -0.15) is 4.68 Å². The SMILES string of the molecule is COc1ccccc1-n1nnnc1S[C@@H](C)C(=O)Nc1ccc(Br)cc1. The van der Waals surface area contributed by atoms with Crippen LogP contribution in [0.4, 0.5) is 5.69 Å². The van der Waals surface area contributed by atoms with E-state index < -0.39 is 5.25 Å². The number of hydrogen-bond donors (Lipinski definition) is 1. The van der Waals surface area contributed by atoms with Crippen LogP contribution in [-0.2, 0) is 4.79 Å². The third-order valence-electron chi connectivity index (χ3n) is 3.52. The third kappa shape index (κ3) is 4.23. The lowest BCUT2D eigenvalue weighted by atomic mass is 10.3. The lowest BCUT2D eigenvalue weighted by Crippen LogP contribution is -2.22. The van der Waals surface area contributed by atoms with E-state index in [0.717, 1.165) is 10.2 Å². The van der Waals surface area contributed by atoms with Crippen molar-refractivity contribution >= 4 is 39.3 Å². The molecule has 0 bridgehead atoms. The number of hydrogen-bond acceptors (Lipinski definition) is 6. The zero-order valence-electron chi connectivity index (χ0n) is 14.1. The lowest BCUT2D eigenvalue weighted by Gasteiger charge is -2.13. The minimum Gasteiger partial charge on any atom is -0.494 e. The first-order valence-corrected chi connectivity index (χ1v) is 9.40. The number of thioether (sulfide) groups is 1. The van der Waals surface area contributed by atoms with Crippen molar-refractivity contribution in [1.29, 1.82) is 0 Å². The molecular formula is C17H16BrN5O2S. The van der Waals surface area contributed by atoms with E-state index in [1.165, 1.54) is 11.8 Å². The maximum absolute atomic E-state index is 12.4. The number of carbonyl (C=O) groups excluding carboxylic acids is 1. The van der Waals surface area contributed by atoms with E-state index >= 15 is 0 Å². The van der Waals surface area contributed by atoms with Crippen LogP contribution in [0.1, 0.15) is 6.92 Å². The largest absolute Gasteiger partial charge is 0.494 e. The van der Waals surface area contributed by atoms with Crippen molar-refractivity contribution in [2.24, 2.45) is 0 Å². The number of anilines is 1. The molecule has 0 unspecified atom stereocenters. The molecule has 0 radical (unpaired) electrons. The monoisotopic (exact) mass is 433 g/mol. The maximum Gasteiger partial charge on any atom is 0.237 e. The van der Waals surface area contributed by atoms with E-state index in [4.69, 9.17) is 4.74 Å². The van der Waals surface area contributed by atoms with Gasteiger partial charge < -0.3 is 10.1 Å². The Kier molecular flexibility index (Phi) is 5.89. The molecule has 0 aliphatic rings. The van der Waals surface area contributed by atoms with Gasteiger partial charge in [-0.05, 0) is 53.7 Å². The highest BCUT2D eigenvalue weighted by Crippen LogP contribution is 2.28. The number of ether oxygens (including phenoxy) is 1. The van der Waals surface area contributed by atoms with Gasteiger partial charge in [0.1, 0.15) is 11.4 Å². The van der Waals surface area contributed by atoms with Gasteiger partial charge in [-0.15, -0.1) is 5.10 Å². The van der Waals surface area contributed by atoms with Gasteiger partial charge in [0, 0.05) is 10.2 Å². The molecule has 1 amide bonds. The molecule has 0 spiro atoms. The fourth-order valence-corrected chi connectivity index (χ4v) is 3.26. The first kappa shape index (κ1) is 18.4. The van der Waals surface area contributed by atoms with Crippen molar-refractivity contribution in [2.45, 2.75) is 17.3 Å². The molecule has 0 aliphatic heterocycles. The zero-order valence-corrected chi connectivity index (χ0v) is 16.5. The minimum atomic E-state index is -0.391. The van der Waals surface area contributed by atoms with Gasteiger partial charge in [-0.25, -0.2) is 0 Å². The average molecular weight is 434 g/mol. The molecule has 2 aromatic carbocycles. The Morgan fingerprint density at radius 1 is 1.23 bits per heavy atom. The highest BCUT2D eigenvalue weighted by molar-refractivity contribution is 9.10. The summed E-state index contributed by atoms with van der Waals surface area (Å²) in [6.45, 7) is 1.81. The fourth-order valence-electron chi connectivity index (χ4n) is 2.20. The second-order valence-electron chi connectivity index (χ2n) is 5.30. The van der Waals surface area contributed by atoms with Crippen molar-refractivity contribution in [3.8, 4) is 11.4 Å². The number of nitrogens with one attached hydrogen (secondary N) is 1. The summed E-state index contributed by atoms with van der Waals surface area (Å²) in [5.74, 6) is 0.514. The molecule has 7 nitrogen and oxygen atoms in total. The predicted octanol–water partition coefficient (Wildman–Crippen LogP) is 3.55. The van der Waals surface area contributed by atoms with Crippen LogP contribution in [0.25, 0.3) is 5.69 Å². The van der Waals surface area contributed by atoms with Crippen LogP contribution >= 0.6 is 27.7 Å². The van der Waals surface area contributed by atoms with Gasteiger partial charge in [0.05, 0.1) is 12.4 Å². The van der Waals surface area contributed by atoms with Crippen LogP contribution in [0.2, 0.25) is 0 Å².